The Morgan fingerprint density at radius 1 is 0.906 bits per heavy atom. The molecule has 0 radical (unpaired) electrons. The highest BCUT2D eigenvalue weighted by Crippen LogP contribution is 2.32. The zero-order valence-corrected chi connectivity index (χ0v) is 18.7. The fourth-order valence-electron chi connectivity index (χ4n) is 4.55. The smallest absolute Gasteiger partial charge is 0.226 e. The number of rotatable bonds is 6. The third-order valence-corrected chi connectivity index (χ3v) is 6.48. The maximum absolute atomic E-state index is 6.46. The minimum Gasteiger partial charge on any atom is -0.474 e. The van der Waals surface area contributed by atoms with Gasteiger partial charge in [-0.15, -0.1) is 0 Å². The SMILES string of the molecule is Cc1c(C)n(Cc2ccccc2)c2ncnc(OC3CCN(Cc4ccccn4)CC3)c12. The van der Waals surface area contributed by atoms with Crippen LogP contribution in [0.5, 0.6) is 5.88 Å². The molecule has 5 rings (SSSR count). The van der Waals surface area contributed by atoms with Crippen LogP contribution in [-0.2, 0) is 13.1 Å². The largest absolute Gasteiger partial charge is 0.474 e. The van der Waals surface area contributed by atoms with E-state index in [9.17, 15) is 0 Å². The predicted octanol–water partition coefficient (Wildman–Crippen LogP) is 4.53. The van der Waals surface area contributed by atoms with Crippen molar-refractivity contribution in [2.45, 2.75) is 45.9 Å². The van der Waals surface area contributed by atoms with Gasteiger partial charge < -0.3 is 9.30 Å². The molecule has 0 saturated carbocycles. The highest BCUT2D eigenvalue weighted by atomic mass is 16.5. The number of piperidine rings is 1. The second kappa shape index (κ2) is 9.09. The van der Waals surface area contributed by atoms with Crippen molar-refractivity contribution in [1.29, 1.82) is 0 Å². The molecule has 4 aromatic rings. The average molecular weight is 428 g/mol. The van der Waals surface area contributed by atoms with Crippen LogP contribution in [0.1, 0.15) is 35.4 Å². The van der Waals surface area contributed by atoms with Crippen LogP contribution >= 0.6 is 0 Å². The molecule has 6 nitrogen and oxygen atoms in total. The Balaban J connectivity index is 1.31. The number of ether oxygens (including phenoxy) is 1. The van der Waals surface area contributed by atoms with Crippen LogP contribution in [-0.4, -0.2) is 43.6 Å². The molecule has 1 aromatic carbocycles. The van der Waals surface area contributed by atoms with Gasteiger partial charge in [-0.3, -0.25) is 9.88 Å². The fourth-order valence-corrected chi connectivity index (χ4v) is 4.55. The number of hydrogen-bond acceptors (Lipinski definition) is 5. The van der Waals surface area contributed by atoms with Crippen molar-refractivity contribution in [1.82, 2.24) is 24.4 Å². The molecular formula is C26H29N5O. The highest BCUT2D eigenvalue weighted by Gasteiger charge is 2.24. The quantitative estimate of drug-likeness (QED) is 0.452. The van der Waals surface area contributed by atoms with Crippen LogP contribution in [0.15, 0.2) is 61.1 Å². The van der Waals surface area contributed by atoms with Crippen LogP contribution < -0.4 is 4.74 Å². The van der Waals surface area contributed by atoms with E-state index < -0.39 is 0 Å². The molecule has 0 atom stereocenters. The maximum Gasteiger partial charge on any atom is 0.226 e. The van der Waals surface area contributed by atoms with E-state index in [2.05, 4.69) is 68.6 Å². The summed E-state index contributed by atoms with van der Waals surface area (Å²) in [6.45, 7) is 7.99. The molecule has 0 bridgehead atoms. The molecule has 0 amide bonds. The summed E-state index contributed by atoms with van der Waals surface area (Å²) in [6, 6.07) is 16.6. The second-order valence-corrected chi connectivity index (χ2v) is 8.57. The minimum absolute atomic E-state index is 0.172. The maximum atomic E-state index is 6.46. The number of fused-ring (bicyclic) bond motifs is 1. The van der Waals surface area contributed by atoms with Gasteiger partial charge in [0.1, 0.15) is 18.1 Å². The first-order valence-corrected chi connectivity index (χ1v) is 11.3. The summed E-state index contributed by atoms with van der Waals surface area (Å²) in [5.41, 5.74) is 5.73. The molecule has 0 N–H and O–H groups in total. The van der Waals surface area contributed by atoms with E-state index >= 15 is 0 Å². The van der Waals surface area contributed by atoms with Crippen LogP contribution in [0.4, 0.5) is 0 Å². The van der Waals surface area contributed by atoms with Gasteiger partial charge in [-0.25, -0.2) is 9.97 Å². The fraction of sp³-hybridized carbons (Fsp3) is 0.346. The molecule has 6 heteroatoms. The third-order valence-electron chi connectivity index (χ3n) is 6.48. The van der Waals surface area contributed by atoms with E-state index in [4.69, 9.17) is 4.74 Å². The summed E-state index contributed by atoms with van der Waals surface area (Å²) in [4.78, 5) is 16.1. The summed E-state index contributed by atoms with van der Waals surface area (Å²) >= 11 is 0. The van der Waals surface area contributed by atoms with Crippen molar-refractivity contribution >= 4 is 11.0 Å². The van der Waals surface area contributed by atoms with E-state index in [1.165, 1.54) is 16.8 Å². The molecule has 1 aliphatic rings. The molecule has 0 aliphatic carbocycles. The lowest BCUT2D eigenvalue weighted by Gasteiger charge is -2.31. The Hall–Kier alpha value is -3.25. The van der Waals surface area contributed by atoms with E-state index in [0.717, 1.165) is 55.7 Å². The van der Waals surface area contributed by atoms with E-state index in [-0.39, 0.29) is 6.10 Å². The van der Waals surface area contributed by atoms with Crippen LogP contribution in [0.2, 0.25) is 0 Å². The van der Waals surface area contributed by atoms with E-state index in [1.54, 1.807) is 6.33 Å². The first-order chi connectivity index (χ1) is 15.7. The Bertz CT molecular complexity index is 1180. The number of pyridine rings is 1. The topological polar surface area (TPSA) is 56.1 Å². The van der Waals surface area contributed by atoms with Gasteiger partial charge in [-0.2, -0.15) is 0 Å². The summed E-state index contributed by atoms with van der Waals surface area (Å²) in [6.07, 6.45) is 5.64. The molecule has 1 fully saturated rings. The number of aryl methyl sites for hydroxylation is 1. The number of nitrogens with zero attached hydrogens (tertiary/aromatic N) is 5. The van der Waals surface area contributed by atoms with Crippen molar-refractivity contribution in [3.63, 3.8) is 0 Å². The number of hydrogen-bond donors (Lipinski definition) is 0. The molecule has 32 heavy (non-hydrogen) atoms. The highest BCUT2D eigenvalue weighted by molar-refractivity contribution is 5.86. The molecule has 1 saturated heterocycles. The van der Waals surface area contributed by atoms with Crippen molar-refractivity contribution < 1.29 is 4.74 Å². The van der Waals surface area contributed by atoms with Gasteiger partial charge in [0.2, 0.25) is 5.88 Å². The van der Waals surface area contributed by atoms with E-state index in [1.807, 2.05) is 24.4 Å². The zero-order valence-electron chi connectivity index (χ0n) is 18.7. The molecule has 0 spiro atoms. The average Bonchev–Trinajstić information content (AvgIpc) is 3.07. The summed E-state index contributed by atoms with van der Waals surface area (Å²) < 4.78 is 8.73. The number of likely N-dealkylation sites (tertiary alicyclic amines) is 1. The molecule has 1 aliphatic heterocycles. The van der Waals surface area contributed by atoms with Gasteiger partial charge in [-0.1, -0.05) is 36.4 Å². The van der Waals surface area contributed by atoms with Gasteiger partial charge in [0, 0.05) is 38.1 Å². The van der Waals surface area contributed by atoms with Crippen molar-refractivity contribution in [3.8, 4) is 5.88 Å². The lowest BCUT2D eigenvalue weighted by atomic mass is 10.1. The van der Waals surface area contributed by atoms with Crippen molar-refractivity contribution in [2.75, 3.05) is 13.1 Å². The van der Waals surface area contributed by atoms with Gasteiger partial charge in [-0.05, 0) is 49.9 Å². The lowest BCUT2D eigenvalue weighted by molar-refractivity contribution is 0.0938. The number of aromatic nitrogens is 4. The Labute approximate surface area is 188 Å². The van der Waals surface area contributed by atoms with Gasteiger partial charge in [0.05, 0.1) is 11.1 Å². The summed E-state index contributed by atoms with van der Waals surface area (Å²) in [7, 11) is 0. The standard InChI is InChI=1S/C26H29N5O/c1-19-20(2)31(16-21-8-4-3-5-9-21)25-24(19)26(29-18-28-25)32-23-11-14-30(15-12-23)17-22-10-6-7-13-27-22/h3-10,13,18,23H,11-12,14-17H2,1-2H3. The molecule has 0 unspecified atom stereocenters. The second-order valence-electron chi connectivity index (χ2n) is 8.57. The first kappa shape index (κ1) is 20.6. The molecule has 4 heterocycles. The van der Waals surface area contributed by atoms with Gasteiger partial charge in [0.25, 0.3) is 0 Å². The Morgan fingerprint density at radius 3 is 2.44 bits per heavy atom. The van der Waals surface area contributed by atoms with Gasteiger partial charge >= 0.3 is 0 Å². The van der Waals surface area contributed by atoms with E-state index in [0.29, 0.717) is 5.88 Å². The molecule has 164 valence electrons. The van der Waals surface area contributed by atoms with Crippen molar-refractivity contribution in [2.24, 2.45) is 0 Å². The van der Waals surface area contributed by atoms with Crippen LogP contribution in [0.3, 0.4) is 0 Å². The third kappa shape index (κ3) is 4.23. The van der Waals surface area contributed by atoms with Crippen LogP contribution in [0, 0.1) is 13.8 Å². The lowest BCUT2D eigenvalue weighted by Crippen LogP contribution is -2.38. The number of benzene rings is 1. The first-order valence-electron chi connectivity index (χ1n) is 11.3. The van der Waals surface area contributed by atoms with Gasteiger partial charge in [0.15, 0.2) is 0 Å². The summed E-state index contributed by atoms with van der Waals surface area (Å²) in [5.74, 6) is 0.714. The molecule has 3 aromatic heterocycles. The minimum atomic E-state index is 0.172. The Kier molecular flexibility index (Phi) is 5.86. The molecular weight excluding hydrogens is 398 g/mol. The predicted molar refractivity (Wildman–Crippen MR) is 126 cm³/mol. The Morgan fingerprint density at radius 2 is 1.69 bits per heavy atom. The van der Waals surface area contributed by atoms with Crippen LogP contribution in [0.25, 0.3) is 11.0 Å². The van der Waals surface area contributed by atoms with Crippen molar-refractivity contribution in [3.05, 3.63) is 83.6 Å². The monoisotopic (exact) mass is 427 g/mol. The normalized spacial score (nSPS) is 15.3. The zero-order chi connectivity index (χ0) is 21.9. The summed E-state index contributed by atoms with van der Waals surface area (Å²) in [5, 5.41) is 1.04.